The maximum absolute atomic E-state index is 13.1. The number of hydrogen-bond donors (Lipinski definition) is 3. The van der Waals surface area contributed by atoms with Gasteiger partial charge in [0.2, 0.25) is 0 Å². The van der Waals surface area contributed by atoms with E-state index in [1.165, 1.54) is 276 Å². The summed E-state index contributed by atoms with van der Waals surface area (Å²) in [6.07, 6.45) is 71.1. The smallest absolute Gasteiger partial charge is 0.462 e. The van der Waals surface area contributed by atoms with E-state index >= 15 is 0 Å². The van der Waals surface area contributed by atoms with Crippen LogP contribution < -0.4 is 0 Å². The van der Waals surface area contributed by atoms with Crippen LogP contribution in [0.25, 0.3) is 0 Å². The lowest BCUT2D eigenvalue weighted by Gasteiger charge is -2.21. The second kappa shape index (κ2) is 77.8. The summed E-state index contributed by atoms with van der Waals surface area (Å²) >= 11 is 0. The highest BCUT2D eigenvalue weighted by atomic mass is 31.2. The number of aliphatic hydroxyl groups is 1. The number of phosphoric acid groups is 2. The van der Waals surface area contributed by atoms with Gasteiger partial charge in [-0.25, -0.2) is 9.13 Å². The molecule has 0 rings (SSSR count). The third-order valence-corrected chi connectivity index (χ3v) is 21.9. The molecule has 0 amide bonds. The van der Waals surface area contributed by atoms with E-state index in [-0.39, 0.29) is 25.7 Å². The van der Waals surface area contributed by atoms with Crippen molar-refractivity contribution in [1.82, 2.24) is 0 Å². The van der Waals surface area contributed by atoms with Crippen molar-refractivity contribution < 1.29 is 80.2 Å². The van der Waals surface area contributed by atoms with E-state index < -0.39 is 97.5 Å². The second-order valence-corrected chi connectivity index (χ2v) is 34.0. The van der Waals surface area contributed by atoms with Crippen LogP contribution in [-0.4, -0.2) is 96.7 Å². The summed E-state index contributed by atoms with van der Waals surface area (Å²) in [7, 11) is -9.92. The maximum atomic E-state index is 13.1. The molecule has 0 heterocycles. The Bertz CT molecular complexity index is 1980. The molecule has 0 spiro atoms. The molecule has 2 unspecified atom stereocenters. The van der Waals surface area contributed by atoms with Crippen molar-refractivity contribution >= 4 is 39.5 Å². The summed E-state index contributed by atoms with van der Waals surface area (Å²) in [4.78, 5) is 73.1. The molecule has 17 nitrogen and oxygen atoms in total. The average molecular weight is 1520 g/mol. The first-order valence-corrected chi connectivity index (χ1v) is 47.1. The molecule has 0 fully saturated rings. The molecule has 0 saturated carbocycles. The van der Waals surface area contributed by atoms with Gasteiger partial charge in [-0.05, 0) is 31.6 Å². The number of aliphatic hydroxyl groups excluding tert-OH is 1. The number of carbonyl (C=O) groups is 4. The molecule has 0 radical (unpaired) electrons. The van der Waals surface area contributed by atoms with E-state index in [9.17, 15) is 43.2 Å². The maximum Gasteiger partial charge on any atom is 0.472 e. The largest absolute Gasteiger partial charge is 0.472 e. The highest BCUT2D eigenvalue weighted by Gasteiger charge is 2.30. The summed E-state index contributed by atoms with van der Waals surface area (Å²) in [5.41, 5.74) is 0. The minimum Gasteiger partial charge on any atom is -0.462 e. The number of phosphoric ester groups is 2. The number of ether oxygens (including phenoxy) is 4. The lowest BCUT2D eigenvalue weighted by atomic mass is 10.0. The molecule has 0 aliphatic rings. The van der Waals surface area contributed by atoms with Crippen molar-refractivity contribution in [3.8, 4) is 0 Å². The number of rotatable bonds is 85. The molecule has 0 aromatic carbocycles. The van der Waals surface area contributed by atoms with Gasteiger partial charge in [-0.3, -0.25) is 37.3 Å². The Morgan fingerprint density at radius 2 is 0.442 bits per heavy atom. The van der Waals surface area contributed by atoms with Gasteiger partial charge in [-0.15, -0.1) is 0 Å². The van der Waals surface area contributed by atoms with Crippen molar-refractivity contribution in [2.75, 3.05) is 39.6 Å². The van der Waals surface area contributed by atoms with Crippen LogP contribution in [0.5, 0.6) is 0 Å². The highest BCUT2D eigenvalue weighted by molar-refractivity contribution is 7.47. The molecule has 5 atom stereocenters. The zero-order valence-corrected chi connectivity index (χ0v) is 70.0. The molecule has 3 N–H and O–H groups in total. The highest BCUT2D eigenvalue weighted by Crippen LogP contribution is 2.45. The fourth-order valence-electron chi connectivity index (χ4n) is 13.3. The SMILES string of the molecule is CCCCCCCCCCCCCCCCCCCCCCCC(=O)O[C@H](COC(=O)CCCCCCCCCCCCCCCCCCCCC)COP(=O)(O)OC[C@@H](O)COP(=O)(O)OC[C@@H](COC(=O)CCCCCCCCC(C)C)OC(=O)CCCCCCCCCCCCCCCCC. The van der Waals surface area contributed by atoms with E-state index in [1.54, 1.807) is 0 Å². The summed E-state index contributed by atoms with van der Waals surface area (Å²) < 4.78 is 68.8. The monoisotopic (exact) mass is 1520 g/mol. The lowest BCUT2D eigenvalue weighted by molar-refractivity contribution is -0.161. The van der Waals surface area contributed by atoms with Gasteiger partial charge in [-0.2, -0.15) is 0 Å². The van der Waals surface area contributed by atoms with Gasteiger partial charge >= 0.3 is 39.5 Å². The molecule has 104 heavy (non-hydrogen) atoms. The van der Waals surface area contributed by atoms with Crippen LogP contribution in [-0.2, 0) is 65.4 Å². The predicted octanol–water partition coefficient (Wildman–Crippen LogP) is 26.0. The van der Waals surface area contributed by atoms with Crippen molar-refractivity contribution in [2.24, 2.45) is 5.92 Å². The first-order valence-electron chi connectivity index (χ1n) is 44.1. The third kappa shape index (κ3) is 78.2. The molecule has 0 aliphatic carbocycles. The van der Waals surface area contributed by atoms with Crippen LogP contribution in [0.15, 0.2) is 0 Å². The minimum absolute atomic E-state index is 0.108. The first-order chi connectivity index (χ1) is 50.5. The van der Waals surface area contributed by atoms with Crippen molar-refractivity contribution in [3.63, 3.8) is 0 Å². The average Bonchev–Trinajstić information content (AvgIpc) is 0.915. The molecule has 0 aromatic rings. The molecule has 0 saturated heterocycles. The van der Waals surface area contributed by atoms with Crippen LogP contribution in [0.2, 0.25) is 0 Å². The third-order valence-electron chi connectivity index (χ3n) is 20.0. The van der Waals surface area contributed by atoms with Crippen LogP contribution >= 0.6 is 15.6 Å². The van der Waals surface area contributed by atoms with Crippen LogP contribution in [0.1, 0.15) is 458 Å². The summed E-state index contributed by atoms with van der Waals surface area (Å²) in [5.74, 6) is -1.42. The number of hydrogen-bond acceptors (Lipinski definition) is 15. The van der Waals surface area contributed by atoms with E-state index in [0.717, 1.165) is 96.3 Å². The van der Waals surface area contributed by atoms with E-state index in [2.05, 4.69) is 34.6 Å². The quantitative estimate of drug-likeness (QED) is 0.0222. The van der Waals surface area contributed by atoms with Crippen molar-refractivity contribution in [3.05, 3.63) is 0 Å². The molecule has 0 aromatic heterocycles. The van der Waals surface area contributed by atoms with Gasteiger partial charge in [0, 0.05) is 25.7 Å². The Morgan fingerprint density at radius 1 is 0.260 bits per heavy atom. The summed E-state index contributed by atoms with van der Waals surface area (Å²) in [5, 5.41) is 10.7. The summed E-state index contributed by atoms with van der Waals surface area (Å²) in [6, 6.07) is 0. The minimum atomic E-state index is -4.96. The van der Waals surface area contributed by atoms with Gasteiger partial charge in [0.15, 0.2) is 12.2 Å². The van der Waals surface area contributed by atoms with Gasteiger partial charge < -0.3 is 33.8 Å². The van der Waals surface area contributed by atoms with E-state index in [1.807, 2.05) is 0 Å². The van der Waals surface area contributed by atoms with E-state index in [4.69, 9.17) is 37.0 Å². The van der Waals surface area contributed by atoms with Crippen molar-refractivity contribution in [2.45, 2.75) is 477 Å². The van der Waals surface area contributed by atoms with Crippen LogP contribution in [0.3, 0.4) is 0 Å². The van der Waals surface area contributed by atoms with Crippen LogP contribution in [0, 0.1) is 5.92 Å². The standard InChI is InChI=1S/C85H166O17P2/c1-6-9-12-15-18-21-24-27-30-32-34-35-37-39-42-45-48-51-54-61-66-70-84(89)101-80(74-95-82(87)68-63-58-52-49-46-43-41-38-36-33-31-28-25-22-19-16-13-10-7-2)76-99-103(91,92)97-72-79(86)73-98-104(93,94)100-77-81(75-96-83(88)69-64-59-56-55-57-62-67-78(4)5)102-85(90)71-65-60-53-50-47-44-40-29-26-23-20-17-14-11-8-3/h78-81,86H,6-77H2,1-5H3,(H,91,92)(H,93,94)/t79-,80-,81-/m1/s1. The van der Waals surface area contributed by atoms with Gasteiger partial charge in [0.05, 0.1) is 26.4 Å². The topological polar surface area (TPSA) is 237 Å². The zero-order valence-electron chi connectivity index (χ0n) is 68.2. The number of unbranched alkanes of at least 4 members (excludes halogenated alkanes) is 57. The van der Waals surface area contributed by atoms with Crippen LogP contribution in [0.4, 0.5) is 0 Å². The van der Waals surface area contributed by atoms with E-state index in [0.29, 0.717) is 31.6 Å². The lowest BCUT2D eigenvalue weighted by Crippen LogP contribution is -2.30. The fraction of sp³-hybridized carbons (Fsp3) is 0.953. The predicted molar refractivity (Wildman–Crippen MR) is 428 cm³/mol. The van der Waals surface area contributed by atoms with Gasteiger partial charge in [-0.1, -0.05) is 407 Å². The Hall–Kier alpha value is -1.94. The van der Waals surface area contributed by atoms with Crippen molar-refractivity contribution in [1.29, 1.82) is 0 Å². The Labute approximate surface area is 638 Å². The number of carbonyl (C=O) groups excluding carboxylic acids is 4. The Kier molecular flexibility index (Phi) is 76.3. The Morgan fingerprint density at radius 3 is 0.654 bits per heavy atom. The molecule has 0 bridgehead atoms. The second-order valence-electron chi connectivity index (χ2n) is 31.1. The molecule has 0 aliphatic heterocycles. The summed E-state index contributed by atoms with van der Waals surface area (Å²) in [6.45, 7) is 7.27. The molecular formula is C85H166O17P2. The number of esters is 4. The normalized spacial score (nSPS) is 13.8. The van der Waals surface area contributed by atoms with Gasteiger partial charge in [0.25, 0.3) is 0 Å². The first kappa shape index (κ1) is 102. The molecule has 618 valence electrons. The molecule has 19 heteroatoms. The molecular weight excluding hydrogens is 1350 g/mol. The zero-order chi connectivity index (χ0) is 76.2. The fourth-order valence-corrected chi connectivity index (χ4v) is 14.9. The Balaban J connectivity index is 5.20. The van der Waals surface area contributed by atoms with Gasteiger partial charge in [0.1, 0.15) is 19.3 Å².